The van der Waals surface area contributed by atoms with Crippen LogP contribution in [0.25, 0.3) is 0 Å². The zero-order valence-electron chi connectivity index (χ0n) is 7.10. The summed E-state index contributed by atoms with van der Waals surface area (Å²) in [5.41, 5.74) is -1.61. The normalized spacial score (nSPS) is 48.2. The first-order valence-corrected chi connectivity index (χ1v) is 3.75. The van der Waals surface area contributed by atoms with E-state index >= 15 is 0 Å². The molecule has 3 N–H and O–H groups in total. The standard InChI is InChI=1S/C7H14O5/c1-4-7(10,3-8)5(9)6(11-2)12-4/h4-6,8-10H,3H2,1-2H3. The van der Waals surface area contributed by atoms with Crippen molar-refractivity contribution in [3.05, 3.63) is 0 Å². The molecule has 0 aromatic rings. The molecule has 72 valence electrons. The van der Waals surface area contributed by atoms with Crippen molar-refractivity contribution in [1.29, 1.82) is 0 Å². The Morgan fingerprint density at radius 2 is 2.17 bits per heavy atom. The summed E-state index contributed by atoms with van der Waals surface area (Å²) in [6, 6.07) is 0. The predicted octanol–water partition coefficient (Wildman–Crippen LogP) is -1.54. The van der Waals surface area contributed by atoms with Crippen LogP contribution in [-0.2, 0) is 9.47 Å². The minimum Gasteiger partial charge on any atom is -0.393 e. The molecule has 0 bridgehead atoms. The Labute approximate surface area is 70.5 Å². The third-order valence-electron chi connectivity index (χ3n) is 2.30. The van der Waals surface area contributed by atoms with Crippen molar-refractivity contribution in [2.24, 2.45) is 0 Å². The quantitative estimate of drug-likeness (QED) is 0.477. The summed E-state index contributed by atoms with van der Waals surface area (Å²) in [4.78, 5) is 0. The average molecular weight is 178 g/mol. The predicted molar refractivity (Wildman–Crippen MR) is 39.4 cm³/mol. The minimum absolute atomic E-state index is 0.546. The van der Waals surface area contributed by atoms with Crippen molar-refractivity contribution in [2.45, 2.75) is 31.0 Å². The second-order valence-corrected chi connectivity index (χ2v) is 2.98. The van der Waals surface area contributed by atoms with Gasteiger partial charge in [0.2, 0.25) is 0 Å². The van der Waals surface area contributed by atoms with Gasteiger partial charge in [0.1, 0.15) is 11.7 Å². The zero-order valence-corrected chi connectivity index (χ0v) is 7.10. The van der Waals surface area contributed by atoms with Gasteiger partial charge in [0.25, 0.3) is 0 Å². The third kappa shape index (κ3) is 1.23. The summed E-state index contributed by atoms with van der Waals surface area (Å²) in [5.74, 6) is 0. The lowest BCUT2D eigenvalue weighted by Gasteiger charge is -2.26. The average Bonchev–Trinajstić information content (AvgIpc) is 2.30. The van der Waals surface area contributed by atoms with Gasteiger partial charge < -0.3 is 24.8 Å². The number of aliphatic hydroxyl groups excluding tert-OH is 2. The summed E-state index contributed by atoms with van der Waals surface area (Å²) in [6.45, 7) is 1.02. The van der Waals surface area contributed by atoms with E-state index in [1.54, 1.807) is 6.92 Å². The fraction of sp³-hybridized carbons (Fsp3) is 1.00. The van der Waals surface area contributed by atoms with E-state index in [1.165, 1.54) is 7.11 Å². The molecule has 0 spiro atoms. The van der Waals surface area contributed by atoms with Crippen LogP contribution in [0.15, 0.2) is 0 Å². The van der Waals surface area contributed by atoms with Crippen molar-refractivity contribution in [2.75, 3.05) is 13.7 Å². The maximum atomic E-state index is 9.63. The van der Waals surface area contributed by atoms with E-state index in [-0.39, 0.29) is 0 Å². The highest BCUT2D eigenvalue weighted by Gasteiger charge is 2.53. The summed E-state index contributed by atoms with van der Waals surface area (Å²) < 4.78 is 9.79. The van der Waals surface area contributed by atoms with Gasteiger partial charge in [-0.05, 0) is 6.92 Å². The lowest BCUT2D eigenvalue weighted by atomic mass is 9.95. The van der Waals surface area contributed by atoms with Crippen LogP contribution in [-0.4, -0.2) is 53.1 Å². The van der Waals surface area contributed by atoms with Gasteiger partial charge in [-0.1, -0.05) is 0 Å². The Morgan fingerprint density at radius 1 is 1.58 bits per heavy atom. The van der Waals surface area contributed by atoms with Crippen LogP contribution in [0.1, 0.15) is 6.92 Å². The topological polar surface area (TPSA) is 79.2 Å². The first-order chi connectivity index (χ1) is 5.56. The Bertz CT molecular complexity index is 162. The Morgan fingerprint density at radius 3 is 2.42 bits per heavy atom. The summed E-state index contributed by atoms with van der Waals surface area (Å²) in [6.07, 6.45) is -2.71. The molecule has 0 aromatic carbocycles. The van der Waals surface area contributed by atoms with Crippen molar-refractivity contribution < 1.29 is 24.8 Å². The summed E-state index contributed by atoms with van der Waals surface area (Å²) in [7, 11) is 1.36. The number of hydrogen-bond acceptors (Lipinski definition) is 5. The molecule has 0 aliphatic carbocycles. The van der Waals surface area contributed by atoms with E-state index in [2.05, 4.69) is 0 Å². The molecule has 4 atom stereocenters. The van der Waals surface area contributed by atoms with E-state index < -0.39 is 30.7 Å². The number of hydrogen-bond donors (Lipinski definition) is 3. The lowest BCUT2D eigenvalue weighted by Crippen LogP contribution is -2.50. The molecule has 5 heteroatoms. The van der Waals surface area contributed by atoms with Crippen LogP contribution < -0.4 is 0 Å². The third-order valence-corrected chi connectivity index (χ3v) is 2.30. The van der Waals surface area contributed by atoms with Crippen LogP contribution in [0.5, 0.6) is 0 Å². The molecular weight excluding hydrogens is 164 g/mol. The molecule has 12 heavy (non-hydrogen) atoms. The van der Waals surface area contributed by atoms with E-state index in [1.807, 2.05) is 0 Å². The highest BCUT2D eigenvalue weighted by molar-refractivity contribution is 4.98. The maximum absolute atomic E-state index is 9.63. The second kappa shape index (κ2) is 3.27. The van der Waals surface area contributed by atoms with Crippen LogP contribution in [0.4, 0.5) is 0 Å². The molecule has 1 aliphatic rings. The second-order valence-electron chi connectivity index (χ2n) is 2.98. The van der Waals surface area contributed by atoms with Crippen molar-refractivity contribution in [3.8, 4) is 0 Å². The van der Waals surface area contributed by atoms with E-state index in [0.29, 0.717) is 0 Å². The number of rotatable bonds is 2. The Kier molecular flexibility index (Phi) is 2.70. The van der Waals surface area contributed by atoms with Crippen LogP contribution in [0.3, 0.4) is 0 Å². The van der Waals surface area contributed by atoms with Gasteiger partial charge in [0.05, 0.1) is 12.7 Å². The summed E-state index contributed by atoms with van der Waals surface area (Å²) >= 11 is 0. The molecule has 1 fully saturated rings. The highest BCUT2D eigenvalue weighted by Crippen LogP contribution is 2.30. The van der Waals surface area contributed by atoms with Gasteiger partial charge in [-0.2, -0.15) is 0 Å². The minimum atomic E-state index is -1.61. The first-order valence-electron chi connectivity index (χ1n) is 3.75. The number of aliphatic hydroxyl groups is 3. The fourth-order valence-corrected chi connectivity index (χ4v) is 1.28. The van der Waals surface area contributed by atoms with Crippen LogP contribution in [0, 0.1) is 0 Å². The molecular formula is C7H14O5. The molecule has 4 unspecified atom stereocenters. The molecule has 1 aliphatic heterocycles. The molecule has 1 rings (SSSR count). The largest absolute Gasteiger partial charge is 0.393 e. The monoisotopic (exact) mass is 178 g/mol. The van der Waals surface area contributed by atoms with Gasteiger partial charge >= 0.3 is 0 Å². The molecule has 1 heterocycles. The van der Waals surface area contributed by atoms with E-state index in [0.717, 1.165) is 0 Å². The highest BCUT2D eigenvalue weighted by atomic mass is 16.7. The number of ether oxygens (including phenoxy) is 2. The number of methoxy groups -OCH3 is 1. The Balaban J connectivity index is 2.76. The Hall–Kier alpha value is -0.200. The van der Waals surface area contributed by atoms with Gasteiger partial charge in [-0.3, -0.25) is 0 Å². The van der Waals surface area contributed by atoms with Crippen molar-refractivity contribution >= 4 is 0 Å². The fourth-order valence-electron chi connectivity index (χ4n) is 1.28. The SMILES string of the molecule is COC1OC(C)C(O)(CO)C1O. The van der Waals surface area contributed by atoms with Crippen molar-refractivity contribution in [1.82, 2.24) is 0 Å². The smallest absolute Gasteiger partial charge is 0.186 e. The molecule has 0 aromatic heterocycles. The molecule has 0 radical (unpaired) electrons. The lowest BCUT2D eigenvalue weighted by molar-refractivity contribution is -0.149. The van der Waals surface area contributed by atoms with E-state index in [4.69, 9.17) is 14.6 Å². The van der Waals surface area contributed by atoms with Gasteiger partial charge in [-0.25, -0.2) is 0 Å². The summed E-state index contributed by atoms with van der Waals surface area (Å²) in [5, 5.41) is 27.9. The maximum Gasteiger partial charge on any atom is 0.186 e. The molecule has 0 saturated carbocycles. The molecule has 1 saturated heterocycles. The molecule has 5 nitrogen and oxygen atoms in total. The van der Waals surface area contributed by atoms with Gasteiger partial charge in [0, 0.05) is 7.11 Å². The molecule has 0 amide bonds. The van der Waals surface area contributed by atoms with E-state index in [9.17, 15) is 10.2 Å². The first kappa shape index (κ1) is 9.88. The van der Waals surface area contributed by atoms with Crippen LogP contribution in [0.2, 0.25) is 0 Å². The zero-order chi connectivity index (χ0) is 9.35. The van der Waals surface area contributed by atoms with Crippen molar-refractivity contribution in [3.63, 3.8) is 0 Å². The van der Waals surface area contributed by atoms with Crippen LogP contribution >= 0.6 is 0 Å². The van der Waals surface area contributed by atoms with Gasteiger partial charge in [0.15, 0.2) is 6.29 Å². The van der Waals surface area contributed by atoms with Gasteiger partial charge in [-0.15, -0.1) is 0 Å².